The molecule has 1 N–H and O–H groups in total. The van der Waals surface area contributed by atoms with Crippen LogP contribution in [-0.4, -0.2) is 0 Å². The number of aryl methyl sites for hydroxylation is 1. The first-order valence-corrected chi connectivity index (χ1v) is 9.33. The Labute approximate surface area is 148 Å². The van der Waals surface area contributed by atoms with Gasteiger partial charge in [-0.3, -0.25) is 0 Å². The molecular formula is C22H21NS. The second kappa shape index (κ2) is 6.37. The molecule has 1 aliphatic heterocycles. The summed E-state index contributed by atoms with van der Waals surface area (Å²) in [6.45, 7) is 4.48. The molecule has 1 atom stereocenters. The third kappa shape index (κ3) is 2.83. The minimum Gasteiger partial charge on any atom is -0.354 e. The van der Waals surface area contributed by atoms with Crippen LogP contribution < -0.4 is 5.32 Å². The number of hydrogen-bond acceptors (Lipinski definition) is 2. The van der Waals surface area contributed by atoms with E-state index in [1.165, 1.54) is 37.9 Å². The zero-order chi connectivity index (χ0) is 16.5. The highest BCUT2D eigenvalue weighted by Crippen LogP contribution is 2.45. The van der Waals surface area contributed by atoms with E-state index < -0.39 is 0 Å². The average molecular weight is 331 g/mol. The second-order valence-corrected chi connectivity index (χ2v) is 7.38. The Morgan fingerprint density at radius 3 is 2.33 bits per heavy atom. The van der Waals surface area contributed by atoms with E-state index in [9.17, 15) is 0 Å². The average Bonchev–Trinajstić information content (AvgIpc) is 2.65. The second-order valence-electron chi connectivity index (χ2n) is 6.30. The summed E-state index contributed by atoms with van der Waals surface area (Å²) in [5, 5.41) is 3.58. The fourth-order valence-corrected chi connectivity index (χ4v) is 4.13. The van der Waals surface area contributed by atoms with Gasteiger partial charge in [0.05, 0.1) is 11.4 Å². The molecule has 0 fully saturated rings. The first kappa shape index (κ1) is 15.3. The van der Waals surface area contributed by atoms with Gasteiger partial charge in [-0.1, -0.05) is 68.1 Å². The fraction of sp³-hybridized carbons (Fsp3) is 0.182. The maximum atomic E-state index is 3.58. The van der Waals surface area contributed by atoms with Crippen LogP contribution in [0.3, 0.4) is 0 Å². The lowest BCUT2D eigenvalue weighted by Gasteiger charge is -2.22. The lowest BCUT2D eigenvalue weighted by atomic mass is 9.92. The monoisotopic (exact) mass is 331 g/mol. The lowest BCUT2D eigenvalue weighted by Crippen LogP contribution is -2.02. The number of rotatable bonds is 3. The van der Waals surface area contributed by atoms with Gasteiger partial charge in [-0.15, -0.1) is 0 Å². The molecule has 3 aromatic carbocycles. The summed E-state index contributed by atoms with van der Waals surface area (Å²) in [4.78, 5) is 2.59. The summed E-state index contributed by atoms with van der Waals surface area (Å²) in [5.74, 6) is 0.394. The molecule has 3 aromatic rings. The molecule has 24 heavy (non-hydrogen) atoms. The molecule has 1 nitrogen and oxygen atoms in total. The number of hydrogen-bond donors (Lipinski definition) is 1. The molecule has 120 valence electrons. The smallest absolute Gasteiger partial charge is 0.0529 e. The first-order valence-electron chi connectivity index (χ1n) is 8.51. The van der Waals surface area contributed by atoms with Gasteiger partial charge in [-0.25, -0.2) is 0 Å². The highest BCUT2D eigenvalue weighted by atomic mass is 32.2. The Bertz CT molecular complexity index is 867. The molecule has 1 unspecified atom stereocenters. The molecule has 0 aliphatic carbocycles. The third-order valence-electron chi connectivity index (χ3n) is 4.77. The molecule has 0 radical (unpaired) electrons. The van der Waals surface area contributed by atoms with Crippen molar-refractivity contribution >= 4 is 23.1 Å². The van der Waals surface area contributed by atoms with Gasteiger partial charge in [0.2, 0.25) is 0 Å². The molecule has 2 heteroatoms. The van der Waals surface area contributed by atoms with E-state index in [1.54, 1.807) is 0 Å². The van der Waals surface area contributed by atoms with Crippen LogP contribution in [-0.2, 0) is 6.42 Å². The van der Waals surface area contributed by atoms with Crippen molar-refractivity contribution in [2.24, 2.45) is 0 Å². The van der Waals surface area contributed by atoms with Gasteiger partial charge in [0, 0.05) is 15.7 Å². The van der Waals surface area contributed by atoms with Crippen LogP contribution in [0, 0.1) is 0 Å². The standard InChI is InChI=1S/C22H21NS/c1-3-16-8-10-17(11-9-16)15(2)18-12-13-22-20(14-18)23-19-6-4-5-7-21(19)24-22/h4-15,23H,3H2,1-2H3. The largest absolute Gasteiger partial charge is 0.354 e. The van der Waals surface area contributed by atoms with Crippen molar-refractivity contribution in [3.8, 4) is 0 Å². The zero-order valence-electron chi connectivity index (χ0n) is 14.0. The van der Waals surface area contributed by atoms with Crippen molar-refractivity contribution in [1.29, 1.82) is 0 Å². The SMILES string of the molecule is CCc1ccc(C(C)c2ccc3c(c2)Nc2ccccc2S3)cc1. The lowest BCUT2D eigenvalue weighted by molar-refractivity contribution is 0.917. The van der Waals surface area contributed by atoms with Crippen LogP contribution >= 0.6 is 11.8 Å². The van der Waals surface area contributed by atoms with Crippen molar-refractivity contribution < 1.29 is 0 Å². The maximum absolute atomic E-state index is 3.58. The molecule has 1 heterocycles. The van der Waals surface area contributed by atoms with Gasteiger partial charge in [0.1, 0.15) is 0 Å². The highest BCUT2D eigenvalue weighted by Gasteiger charge is 2.17. The predicted octanol–water partition coefficient (Wildman–Crippen LogP) is 6.61. The molecule has 0 saturated heterocycles. The van der Waals surface area contributed by atoms with Gasteiger partial charge in [0.15, 0.2) is 0 Å². The summed E-state index contributed by atoms with van der Waals surface area (Å²) in [6, 6.07) is 24.3. The van der Waals surface area contributed by atoms with Crippen molar-refractivity contribution in [3.63, 3.8) is 0 Å². The summed E-state index contributed by atoms with van der Waals surface area (Å²) in [7, 11) is 0. The number of anilines is 2. The number of fused-ring (bicyclic) bond motifs is 2. The molecular weight excluding hydrogens is 310 g/mol. The minimum absolute atomic E-state index is 0.394. The Morgan fingerprint density at radius 1 is 0.833 bits per heavy atom. The normalized spacial score (nSPS) is 13.6. The van der Waals surface area contributed by atoms with E-state index in [1.807, 2.05) is 11.8 Å². The van der Waals surface area contributed by atoms with Crippen molar-refractivity contribution in [2.45, 2.75) is 36.0 Å². The van der Waals surface area contributed by atoms with Crippen molar-refractivity contribution in [3.05, 3.63) is 83.4 Å². The Hall–Kier alpha value is -2.19. The van der Waals surface area contributed by atoms with E-state index in [4.69, 9.17) is 0 Å². The summed E-state index contributed by atoms with van der Waals surface area (Å²) in [5.41, 5.74) is 6.54. The number of nitrogens with one attached hydrogen (secondary N) is 1. The molecule has 0 saturated carbocycles. The molecule has 0 aromatic heterocycles. The van der Waals surface area contributed by atoms with Crippen LogP contribution in [0.1, 0.15) is 36.5 Å². The van der Waals surface area contributed by atoms with Crippen molar-refractivity contribution in [2.75, 3.05) is 5.32 Å². The Kier molecular flexibility index (Phi) is 4.07. The van der Waals surface area contributed by atoms with Crippen molar-refractivity contribution in [1.82, 2.24) is 0 Å². The van der Waals surface area contributed by atoms with Crippen LogP contribution in [0.5, 0.6) is 0 Å². The zero-order valence-corrected chi connectivity index (χ0v) is 14.9. The maximum Gasteiger partial charge on any atom is 0.0529 e. The van der Waals surface area contributed by atoms with Crippen LogP contribution in [0.2, 0.25) is 0 Å². The van der Waals surface area contributed by atoms with Gasteiger partial charge in [-0.2, -0.15) is 0 Å². The van der Waals surface area contributed by atoms with Gasteiger partial charge in [0.25, 0.3) is 0 Å². The molecule has 0 spiro atoms. The molecule has 0 bridgehead atoms. The quantitative estimate of drug-likeness (QED) is 0.453. The van der Waals surface area contributed by atoms with E-state index >= 15 is 0 Å². The highest BCUT2D eigenvalue weighted by molar-refractivity contribution is 7.99. The van der Waals surface area contributed by atoms with E-state index in [-0.39, 0.29) is 0 Å². The fourth-order valence-electron chi connectivity index (χ4n) is 3.16. The number of benzene rings is 3. The third-order valence-corrected chi connectivity index (χ3v) is 5.92. The summed E-state index contributed by atoms with van der Waals surface area (Å²) in [6.07, 6.45) is 1.09. The summed E-state index contributed by atoms with van der Waals surface area (Å²) < 4.78 is 0. The van der Waals surface area contributed by atoms with Crippen LogP contribution in [0.15, 0.2) is 76.5 Å². The molecule has 1 aliphatic rings. The Morgan fingerprint density at radius 2 is 1.54 bits per heavy atom. The van der Waals surface area contributed by atoms with E-state index in [0.717, 1.165) is 6.42 Å². The van der Waals surface area contributed by atoms with Crippen LogP contribution in [0.25, 0.3) is 0 Å². The van der Waals surface area contributed by atoms with Gasteiger partial charge < -0.3 is 5.32 Å². The predicted molar refractivity (Wildman–Crippen MR) is 104 cm³/mol. The van der Waals surface area contributed by atoms with Gasteiger partial charge >= 0.3 is 0 Å². The van der Waals surface area contributed by atoms with Crippen LogP contribution in [0.4, 0.5) is 11.4 Å². The molecule has 0 amide bonds. The summed E-state index contributed by atoms with van der Waals surface area (Å²) >= 11 is 1.84. The van der Waals surface area contributed by atoms with E-state index in [2.05, 4.69) is 85.9 Å². The number of para-hydroxylation sites is 1. The first-order chi connectivity index (χ1) is 11.7. The minimum atomic E-state index is 0.394. The molecule has 4 rings (SSSR count). The van der Waals surface area contributed by atoms with E-state index in [0.29, 0.717) is 5.92 Å². The Balaban J connectivity index is 1.63. The van der Waals surface area contributed by atoms with Gasteiger partial charge in [-0.05, 0) is 47.4 Å². The topological polar surface area (TPSA) is 12.0 Å².